The van der Waals surface area contributed by atoms with Crippen LogP contribution in [0.25, 0.3) is 0 Å². The van der Waals surface area contributed by atoms with E-state index < -0.39 is 50.0 Å². The number of rotatable bonds is 11. The maximum Gasteiger partial charge on any atom is 0.330 e. The number of nitrogens with one attached hydrogen (secondary N) is 3. The summed E-state index contributed by atoms with van der Waals surface area (Å²) >= 11 is 0. The predicted octanol–water partition coefficient (Wildman–Crippen LogP) is 0.682. The molecule has 1 aliphatic heterocycles. The molecule has 16 heteroatoms. The van der Waals surface area contributed by atoms with E-state index in [0.29, 0.717) is 0 Å². The summed E-state index contributed by atoms with van der Waals surface area (Å²) < 4.78 is 30.4. The van der Waals surface area contributed by atoms with Crippen molar-refractivity contribution in [3.8, 4) is 11.8 Å². The monoisotopic (exact) mass is 615 g/mol. The van der Waals surface area contributed by atoms with Crippen LogP contribution in [0.5, 0.6) is 0 Å². The minimum atomic E-state index is -4.54. The zero-order valence-corrected chi connectivity index (χ0v) is 24.6. The molecule has 0 radical (unpaired) electrons. The lowest BCUT2D eigenvalue weighted by Crippen LogP contribution is -2.34. The summed E-state index contributed by atoms with van der Waals surface area (Å²) in [7, 11) is -0.961. The number of anilines is 2. The molecule has 1 saturated heterocycles. The van der Waals surface area contributed by atoms with Crippen molar-refractivity contribution >= 4 is 25.1 Å². The van der Waals surface area contributed by atoms with Crippen LogP contribution in [0.3, 0.4) is 0 Å². The quantitative estimate of drug-likeness (QED) is 0.134. The van der Waals surface area contributed by atoms with Gasteiger partial charge in [-0.1, -0.05) is 11.8 Å². The third-order valence-electron chi connectivity index (χ3n) is 6.60. The van der Waals surface area contributed by atoms with Gasteiger partial charge in [0.1, 0.15) is 30.3 Å². The molecule has 0 spiro atoms. The zero-order chi connectivity index (χ0) is 31.1. The highest BCUT2D eigenvalue weighted by Crippen LogP contribution is 2.41. The second-order valence-corrected chi connectivity index (χ2v) is 11.2. The number of aryl methyl sites for hydroxylation is 1. The number of ether oxygens (including phenoxy) is 2. The number of nitrogens with zero attached hydrogens (tertiary/aromatic N) is 3. The molecule has 4 N–H and O–H groups in total. The van der Waals surface area contributed by atoms with Gasteiger partial charge in [-0.2, -0.15) is 0 Å². The SMILES string of the molecule is CNc1cc(COC(=O)CCC#Cc2cn([C@H]3C[C@@H](O)[C@@H](COP(=O)([O-])n4ccnc4C)O3)c(=O)[nH]c2=O)cc(NC)c1. The molecule has 230 valence electrons. The lowest BCUT2D eigenvalue weighted by atomic mass is 10.2. The van der Waals surface area contributed by atoms with E-state index in [4.69, 9.17) is 14.0 Å². The number of hydrogen-bond acceptors (Lipinski definition) is 12. The van der Waals surface area contributed by atoms with Crippen molar-refractivity contribution in [1.29, 1.82) is 0 Å². The van der Waals surface area contributed by atoms with Crippen molar-refractivity contribution in [1.82, 2.24) is 18.9 Å². The Hall–Kier alpha value is -4.19. The van der Waals surface area contributed by atoms with Gasteiger partial charge in [-0.15, -0.1) is 0 Å². The van der Waals surface area contributed by atoms with E-state index in [1.54, 1.807) is 14.1 Å². The van der Waals surface area contributed by atoms with Crippen LogP contribution in [0.1, 0.15) is 42.4 Å². The first-order valence-electron chi connectivity index (χ1n) is 13.3. The first-order chi connectivity index (χ1) is 20.5. The molecule has 1 aromatic carbocycles. The molecule has 4 atom stereocenters. The number of carbonyl (C=O) groups is 1. The van der Waals surface area contributed by atoms with Gasteiger partial charge in [-0.3, -0.25) is 28.0 Å². The summed E-state index contributed by atoms with van der Waals surface area (Å²) in [6.07, 6.45) is 0.492. The Kier molecular flexibility index (Phi) is 10.2. The fourth-order valence-corrected chi connectivity index (χ4v) is 5.40. The number of benzene rings is 1. The van der Waals surface area contributed by atoms with Gasteiger partial charge >= 0.3 is 11.7 Å². The zero-order valence-electron chi connectivity index (χ0n) is 23.7. The summed E-state index contributed by atoms with van der Waals surface area (Å²) in [4.78, 5) is 55.4. The van der Waals surface area contributed by atoms with Crippen LogP contribution >= 0.6 is 7.75 Å². The van der Waals surface area contributed by atoms with Crippen molar-refractivity contribution in [2.75, 3.05) is 31.3 Å². The molecule has 0 amide bonds. The third-order valence-corrected chi connectivity index (χ3v) is 8.02. The molecule has 4 rings (SSSR count). The lowest BCUT2D eigenvalue weighted by Gasteiger charge is -2.27. The van der Waals surface area contributed by atoms with Crippen LogP contribution in [0, 0.1) is 18.8 Å². The summed E-state index contributed by atoms with van der Waals surface area (Å²) in [6.45, 7) is 1.07. The number of imidazole rings is 1. The Labute approximate surface area is 246 Å². The van der Waals surface area contributed by atoms with E-state index in [2.05, 4.69) is 32.4 Å². The van der Waals surface area contributed by atoms with Gasteiger partial charge in [-0.05, 0) is 30.7 Å². The van der Waals surface area contributed by atoms with Gasteiger partial charge < -0.3 is 34.6 Å². The topological polar surface area (TPSA) is 202 Å². The Morgan fingerprint density at radius 1 is 1.28 bits per heavy atom. The number of H-pyrrole nitrogens is 1. The third kappa shape index (κ3) is 8.01. The van der Waals surface area contributed by atoms with Crippen LogP contribution in [-0.2, 0) is 30.0 Å². The normalized spacial score (nSPS) is 19.2. The van der Waals surface area contributed by atoms with Gasteiger partial charge in [0.05, 0.1) is 19.1 Å². The largest absolute Gasteiger partial charge is 0.761 e. The fraction of sp³-hybridized carbons (Fsp3) is 0.407. The molecule has 0 bridgehead atoms. The molecule has 15 nitrogen and oxygen atoms in total. The predicted molar refractivity (Wildman–Crippen MR) is 153 cm³/mol. The van der Waals surface area contributed by atoms with Crippen LogP contribution in [-0.4, -0.2) is 62.9 Å². The van der Waals surface area contributed by atoms with Crippen LogP contribution in [0.15, 0.2) is 46.4 Å². The molecule has 2 aromatic heterocycles. The van der Waals surface area contributed by atoms with Gasteiger partial charge in [0, 0.05) is 56.9 Å². The number of esters is 1. The first kappa shape index (κ1) is 31.7. The van der Waals surface area contributed by atoms with E-state index in [9.17, 15) is 28.9 Å². The second-order valence-electron chi connectivity index (χ2n) is 9.61. The minimum Gasteiger partial charge on any atom is -0.761 e. The lowest BCUT2D eigenvalue weighted by molar-refractivity contribution is -0.205. The van der Waals surface area contributed by atoms with Gasteiger partial charge in [-0.25, -0.2) is 9.78 Å². The standard InChI is InChI=1S/C27H33N6O9P/c1-17-30-8-9-33(17)43(38,39)41-16-23-22(34)13-24(42-23)32-14-19(26(36)31-27(32)37)6-4-5-7-25(35)40-15-18-10-20(28-2)12-21(11-18)29-3/h8-12,14,22-24,28-29,34H,5,7,13,15-16H2,1-3H3,(H,38,39)(H,31,36,37)/p-1/t22-,23-,24-/m1/s1. The van der Waals surface area contributed by atoms with Gasteiger partial charge in [0.25, 0.3) is 5.56 Å². The highest BCUT2D eigenvalue weighted by molar-refractivity contribution is 7.49. The maximum atomic E-state index is 12.5. The first-order valence-corrected chi connectivity index (χ1v) is 14.8. The Balaban J connectivity index is 1.33. The molecule has 43 heavy (non-hydrogen) atoms. The molecule has 3 heterocycles. The number of aliphatic hydroxyl groups is 1. The molecule has 1 aliphatic rings. The van der Waals surface area contributed by atoms with Gasteiger partial charge in [0.2, 0.25) is 7.75 Å². The van der Waals surface area contributed by atoms with Gasteiger partial charge in [0.15, 0.2) is 0 Å². The van der Waals surface area contributed by atoms with E-state index in [1.807, 2.05) is 18.2 Å². The Morgan fingerprint density at radius 3 is 2.65 bits per heavy atom. The van der Waals surface area contributed by atoms with E-state index in [-0.39, 0.29) is 37.3 Å². The van der Waals surface area contributed by atoms with E-state index in [0.717, 1.165) is 25.8 Å². The summed E-state index contributed by atoms with van der Waals surface area (Å²) in [5.41, 5.74) is 0.936. The number of hydrogen-bond donors (Lipinski definition) is 4. The van der Waals surface area contributed by atoms with Crippen LogP contribution in [0.2, 0.25) is 0 Å². The molecule has 1 unspecified atom stereocenters. The molecular weight excluding hydrogens is 583 g/mol. The second kappa shape index (κ2) is 13.9. The number of aromatic nitrogens is 4. The van der Waals surface area contributed by atoms with Crippen molar-refractivity contribution < 1.29 is 33.4 Å². The molecule has 3 aromatic rings. The fourth-order valence-electron chi connectivity index (χ4n) is 4.31. The smallest absolute Gasteiger partial charge is 0.330 e. The molecule has 1 fully saturated rings. The average Bonchev–Trinajstić information content (AvgIpc) is 3.59. The number of aromatic amines is 1. The average molecular weight is 616 g/mol. The van der Waals surface area contributed by atoms with E-state index >= 15 is 0 Å². The summed E-state index contributed by atoms with van der Waals surface area (Å²) in [5.74, 6) is 5.10. The Morgan fingerprint density at radius 2 is 2.00 bits per heavy atom. The highest BCUT2D eigenvalue weighted by Gasteiger charge is 2.36. The molecular formula is C27H32N6O9P-. The molecule has 0 saturated carbocycles. The minimum absolute atomic E-state index is 0.0169. The van der Waals surface area contributed by atoms with E-state index in [1.165, 1.54) is 25.5 Å². The number of aliphatic hydroxyl groups excluding tert-OH is 1. The number of carbonyl (C=O) groups excluding carboxylic acids is 1. The van der Waals surface area contributed by atoms with Crippen molar-refractivity contribution in [3.63, 3.8) is 0 Å². The highest BCUT2D eigenvalue weighted by atomic mass is 31.2. The van der Waals surface area contributed by atoms with Crippen molar-refractivity contribution in [2.45, 2.75) is 51.2 Å². The molecule has 0 aliphatic carbocycles. The summed E-state index contributed by atoms with van der Waals surface area (Å²) in [6, 6.07) is 5.64. The summed E-state index contributed by atoms with van der Waals surface area (Å²) in [5, 5.41) is 16.5. The van der Waals surface area contributed by atoms with Crippen LogP contribution in [0.4, 0.5) is 11.4 Å². The maximum absolute atomic E-state index is 12.5. The van der Waals surface area contributed by atoms with Crippen LogP contribution < -0.4 is 26.8 Å². The Bertz CT molecular complexity index is 1670. The van der Waals surface area contributed by atoms with Crippen molar-refractivity contribution in [2.24, 2.45) is 0 Å². The van der Waals surface area contributed by atoms with Crippen molar-refractivity contribution in [3.05, 3.63) is 74.6 Å².